The van der Waals surface area contributed by atoms with E-state index in [9.17, 15) is 0 Å². The average molecular weight is 436 g/mol. The fourth-order valence-electron chi connectivity index (χ4n) is 3.34. The lowest BCUT2D eigenvalue weighted by molar-refractivity contribution is 0.709. The first-order valence-corrected chi connectivity index (χ1v) is 9.24. The molecule has 0 aliphatic carbocycles. The third-order valence-electron chi connectivity index (χ3n) is 4.31. The van der Waals surface area contributed by atoms with E-state index in [4.69, 9.17) is 4.98 Å². The van der Waals surface area contributed by atoms with Gasteiger partial charge in [0.05, 0.1) is 16.7 Å². The summed E-state index contributed by atoms with van der Waals surface area (Å²) in [6, 6.07) is 9.08. The Labute approximate surface area is 151 Å². The highest BCUT2D eigenvalue weighted by atomic mass is 79.9. The van der Waals surface area contributed by atoms with E-state index in [0.29, 0.717) is 6.04 Å². The molecule has 0 N–H and O–H groups in total. The zero-order chi connectivity index (χ0) is 16.0. The zero-order valence-electron chi connectivity index (χ0n) is 12.7. The number of rotatable bonds is 2. The van der Waals surface area contributed by atoms with Crippen molar-refractivity contribution >= 4 is 43.3 Å². The Morgan fingerprint density at radius 1 is 1.22 bits per heavy atom. The van der Waals surface area contributed by atoms with Crippen LogP contribution in [0, 0.1) is 6.92 Å². The number of hydrogen-bond acceptors (Lipinski definition) is 3. The summed E-state index contributed by atoms with van der Waals surface area (Å²) in [5.74, 6) is 1.01. The largest absolute Gasteiger partial charge is 0.349 e. The van der Waals surface area contributed by atoms with Gasteiger partial charge in [0, 0.05) is 17.2 Å². The van der Waals surface area contributed by atoms with Gasteiger partial charge in [-0.15, -0.1) is 0 Å². The molecule has 0 spiro atoms. The first-order valence-electron chi connectivity index (χ1n) is 7.65. The van der Waals surface area contributed by atoms with Crippen LogP contribution in [0.25, 0.3) is 5.65 Å². The molecule has 4 rings (SSSR count). The van der Waals surface area contributed by atoms with Crippen LogP contribution in [0.3, 0.4) is 0 Å². The maximum absolute atomic E-state index is 4.81. The Morgan fingerprint density at radius 3 is 2.91 bits per heavy atom. The van der Waals surface area contributed by atoms with E-state index in [1.165, 1.54) is 17.5 Å². The lowest BCUT2D eigenvalue weighted by Gasteiger charge is -2.26. The van der Waals surface area contributed by atoms with Crippen LogP contribution in [0.1, 0.15) is 30.0 Å². The zero-order valence-corrected chi connectivity index (χ0v) is 15.9. The smallest absolute Gasteiger partial charge is 0.171 e. The van der Waals surface area contributed by atoms with Crippen molar-refractivity contribution in [2.45, 2.75) is 25.8 Å². The Hall–Kier alpha value is -1.40. The minimum atomic E-state index is 0.378. The highest BCUT2D eigenvalue weighted by Gasteiger charge is 2.27. The number of fused-ring (bicyclic) bond motifs is 1. The lowest BCUT2D eigenvalue weighted by atomic mass is 10.0. The van der Waals surface area contributed by atoms with Crippen LogP contribution in [-0.2, 0) is 0 Å². The van der Waals surface area contributed by atoms with Gasteiger partial charge in [0.1, 0.15) is 5.82 Å². The first kappa shape index (κ1) is 15.1. The van der Waals surface area contributed by atoms with E-state index in [2.05, 4.69) is 73.0 Å². The number of aromatic nitrogens is 3. The van der Waals surface area contributed by atoms with Gasteiger partial charge in [-0.2, -0.15) is 5.10 Å². The van der Waals surface area contributed by atoms with Crippen molar-refractivity contribution in [3.8, 4) is 0 Å². The van der Waals surface area contributed by atoms with E-state index in [-0.39, 0.29) is 0 Å². The Balaban J connectivity index is 1.75. The summed E-state index contributed by atoms with van der Waals surface area (Å²) in [4.78, 5) is 7.21. The van der Waals surface area contributed by atoms with Crippen molar-refractivity contribution in [2.75, 3.05) is 11.4 Å². The van der Waals surface area contributed by atoms with Crippen LogP contribution >= 0.6 is 31.9 Å². The van der Waals surface area contributed by atoms with Gasteiger partial charge in [0.25, 0.3) is 0 Å². The van der Waals surface area contributed by atoms with Gasteiger partial charge in [-0.25, -0.2) is 9.50 Å². The molecule has 0 bridgehead atoms. The molecule has 1 aromatic carbocycles. The van der Waals surface area contributed by atoms with Crippen LogP contribution in [0.2, 0.25) is 0 Å². The van der Waals surface area contributed by atoms with Crippen LogP contribution in [0.5, 0.6) is 0 Å². The molecule has 2 aromatic heterocycles. The highest BCUT2D eigenvalue weighted by Crippen LogP contribution is 2.37. The molecule has 1 unspecified atom stereocenters. The van der Waals surface area contributed by atoms with Gasteiger partial charge < -0.3 is 4.90 Å². The molecule has 0 saturated carbocycles. The maximum atomic E-state index is 4.81. The Kier molecular flexibility index (Phi) is 3.89. The summed E-state index contributed by atoms with van der Waals surface area (Å²) < 4.78 is 3.86. The van der Waals surface area contributed by atoms with Gasteiger partial charge in [-0.3, -0.25) is 0 Å². The maximum Gasteiger partial charge on any atom is 0.171 e. The summed E-state index contributed by atoms with van der Waals surface area (Å²) in [6.07, 6.45) is 6.10. The summed E-state index contributed by atoms with van der Waals surface area (Å²) in [7, 11) is 0. The number of benzene rings is 1. The molecule has 23 heavy (non-hydrogen) atoms. The van der Waals surface area contributed by atoms with Crippen molar-refractivity contribution < 1.29 is 0 Å². The van der Waals surface area contributed by atoms with Crippen molar-refractivity contribution in [2.24, 2.45) is 0 Å². The summed E-state index contributed by atoms with van der Waals surface area (Å²) in [5, 5.41) is 4.27. The second-order valence-electron chi connectivity index (χ2n) is 5.96. The molecule has 118 valence electrons. The molecule has 1 fully saturated rings. The predicted molar refractivity (Wildman–Crippen MR) is 98.9 cm³/mol. The van der Waals surface area contributed by atoms with E-state index >= 15 is 0 Å². The normalized spacial score (nSPS) is 18.0. The quantitative estimate of drug-likeness (QED) is 0.573. The number of aryl methyl sites for hydroxylation is 1. The molecule has 0 amide bonds. The Bertz CT molecular complexity index is 854. The molecule has 6 heteroatoms. The monoisotopic (exact) mass is 434 g/mol. The van der Waals surface area contributed by atoms with E-state index in [1.54, 1.807) is 10.7 Å². The second-order valence-corrected chi connectivity index (χ2v) is 7.73. The molecule has 1 atom stereocenters. The second kappa shape index (κ2) is 5.91. The van der Waals surface area contributed by atoms with Crippen molar-refractivity contribution in [3.05, 3.63) is 56.7 Å². The fourth-order valence-corrected chi connectivity index (χ4v) is 4.32. The minimum Gasteiger partial charge on any atom is -0.349 e. The first-order chi connectivity index (χ1) is 11.1. The van der Waals surface area contributed by atoms with Crippen LogP contribution in [0.4, 0.5) is 5.82 Å². The number of halogens is 2. The summed E-state index contributed by atoms with van der Waals surface area (Å²) in [5.41, 5.74) is 3.49. The van der Waals surface area contributed by atoms with Crippen LogP contribution in [-0.4, -0.2) is 21.1 Å². The van der Waals surface area contributed by atoms with Gasteiger partial charge in [-0.05, 0) is 65.0 Å². The number of anilines is 1. The van der Waals surface area contributed by atoms with Crippen LogP contribution < -0.4 is 4.90 Å². The fraction of sp³-hybridized carbons (Fsp3) is 0.294. The third kappa shape index (κ3) is 2.78. The molecule has 0 radical (unpaired) electrons. The number of nitrogens with zero attached hydrogens (tertiary/aromatic N) is 4. The topological polar surface area (TPSA) is 33.4 Å². The standard InChI is InChI=1S/C17H16Br2N4/c1-11-7-12(9-13(18)8-11)15-3-2-5-22(15)16-4-6-23-17(21-16)14(19)10-20-23/h4,6-10,15H,2-3,5H2,1H3. The van der Waals surface area contributed by atoms with E-state index in [0.717, 1.165) is 33.4 Å². The van der Waals surface area contributed by atoms with Gasteiger partial charge in [0.15, 0.2) is 5.65 Å². The predicted octanol–water partition coefficient (Wildman–Crippen LogP) is 4.90. The molecule has 1 aliphatic rings. The molecule has 3 heterocycles. The van der Waals surface area contributed by atoms with Crippen molar-refractivity contribution in [1.82, 2.24) is 14.6 Å². The molecule has 3 aromatic rings. The molecule has 4 nitrogen and oxygen atoms in total. The average Bonchev–Trinajstić information content (AvgIpc) is 3.13. The van der Waals surface area contributed by atoms with Gasteiger partial charge >= 0.3 is 0 Å². The highest BCUT2D eigenvalue weighted by molar-refractivity contribution is 9.10. The molecular formula is C17H16Br2N4. The van der Waals surface area contributed by atoms with Gasteiger partial charge in [0.2, 0.25) is 0 Å². The molecule has 1 aliphatic heterocycles. The number of hydrogen-bond donors (Lipinski definition) is 0. The van der Waals surface area contributed by atoms with Crippen LogP contribution in [0.15, 0.2) is 45.6 Å². The SMILES string of the molecule is Cc1cc(Br)cc(C2CCCN2c2ccn3ncc(Br)c3n2)c1. The third-order valence-corrected chi connectivity index (χ3v) is 5.32. The van der Waals surface area contributed by atoms with E-state index < -0.39 is 0 Å². The van der Waals surface area contributed by atoms with Gasteiger partial charge in [-0.1, -0.05) is 22.0 Å². The summed E-state index contributed by atoms with van der Waals surface area (Å²) in [6.45, 7) is 3.17. The molecule has 1 saturated heterocycles. The Morgan fingerprint density at radius 2 is 2.09 bits per heavy atom. The van der Waals surface area contributed by atoms with E-state index in [1.807, 2.05) is 6.20 Å². The van der Waals surface area contributed by atoms with Crippen molar-refractivity contribution in [1.29, 1.82) is 0 Å². The van der Waals surface area contributed by atoms with Crippen molar-refractivity contribution in [3.63, 3.8) is 0 Å². The minimum absolute atomic E-state index is 0.378. The lowest BCUT2D eigenvalue weighted by Crippen LogP contribution is -2.23. The molecular weight excluding hydrogens is 420 g/mol. The summed E-state index contributed by atoms with van der Waals surface area (Å²) >= 11 is 7.14.